The van der Waals surface area contributed by atoms with Gasteiger partial charge in [0.05, 0.1) is 11.7 Å². The van der Waals surface area contributed by atoms with Gasteiger partial charge in [-0.05, 0) is 60.8 Å². The number of nitrogens with one attached hydrogen (secondary N) is 1. The summed E-state index contributed by atoms with van der Waals surface area (Å²) in [4.78, 5) is 14.8. The molecule has 1 unspecified atom stereocenters. The van der Waals surface area contributed by atoms with Crippen molar-refractivity contribution in [3.05, 3.63) is 65.9 Å². The summed E-state index contributed by atoms with van der Waals surface area (Å²) in [5.41, 5.74) is 3.87. The molecule has 1 aromatic heterocycles. The Morgan fingerprint density at radius 3 is 2.65 bits per heavy atom. The van der Waals surface area contributed by atoms with Crippen molar-refractivity contribution in [2.24, 2.45) is 0 Å². The number of rotatable bonds is 9. The number of nitriles is 1. The Balaban J connectivity index is 1.80. The molecule has 0 spiro atoms. The zero-order valence-corrected chi connectivity index (χ0v) is 20.1. The first kappa shape index (κ1) is 26.3. The average Bonchev–Trinajstić information content (AvgIpc) is 3.26. The van der Waals surface area contributed by atoms with Crippen LogP contribution >= 0.6 is 0 Å². The van der Waals surface area contributed by atoms with E-state index in [4.69, 9.17) is 5.26 Å². The molecule has 2 aromatic carbocycles. The summed E-state index contributed by atoms with van der Waals surface area (Å²) in [7, 11) is 3.41. The van der Waals surface area contributed by atoms with E-state index in [1.807, 2.05) is 46.7 Å². The number of aromatic nitrogens is 1. The largest absolute Gasteiger partial charge is 0.573 e. The first-order chi connectivity index (χ1) is 17.7. The Bertz CT molecular complexity index is 1300. The highest BCUT2D eigenvalue weighted by Crippen LogP contribution is 2.40. The van der Waals surface area contributed by atoms with Gasteiger partial charge in [0.1, 0.15) is 11.4 Å². The molecule has 0 saturated heterocycles. The zero-order chi connectivity index (χ0) is 26.6. The van der Waals surface area contributed by atoms with Crippen molar-refractivity contribution in [3.8, 4) is 34.1 Å². The van der Waals surface area contributed by atoms with Gasteiger partial charge in [-0.25, -0.2) is 5.26 Å². The second kappa shape index (κ2) is 11.1. The Hall–Kier alpha value is -3.75. The number of amides is 1. The lowest BCUT2D eigenvalue weighted by molar-refractivity contribution is -0.274. The number of alkyl halides is 3. The molecular formula is C26H25BF3N4O3. The molecule has 0 bridgehead atoms. The van der Waals surface area contributed by atoms with Crippen molar-refractivity contribution in [2.75, 3.05) is 26.6 Å². The number of aliphatic hydroxyl groups is 1. The molecule has 1 aliphatic heterocycles. The third kappa shape index (κ3) is 6.16. The zero-order valence-electron chi connectivity index (χ0n) is 20.1. The quantitative estimate of drug-likeness (QED) is 0.427. The van der Waals surface area contributed by atoms with Crippen molar-refractivity contribution in [2.45, 2.75) is 25.4 Å². The standard InChI is InChI=1S/C26H25BF3N4O3/c1-33(16-27-15-31)14-17-5-7-18(8-6-17)24-22(19-3-2-4-21(11-19)37-26(28,29)30)12-23-25(36)32-13-20(9-10-35)34(23)24/h2-8,11-12,20,35H,9-10,13-14,16H2,1H3,(H,32,36). The molecular weight excluding hydrogens is 484 g/mol. The van der Waals surface area contributed by atoms with E-state index in [-0.39, 0.29) is 24.3 Å². The fraction of sp³-hybridized carbons (Fsp3) is 0.308. The Kier molecular flexibility index (Phi) is 7.90. The normalized spacial score (nSPS) is 15.2. The van der Waals surface area contributed by atoms with Crippen LogP contribution in [0.2, 0.25) is 0 Å². The summed E-state index contributed by atoms with van der Waals surface area (Å²) < 4.78 is 44.6. The number of carbonyl (C=O) groups excluding carboxylic acids is 1. The molecule has 4 rings (SSSR count). The van der Waals surface area contributed by atoms with Crippen molar-refractivity contribution in [1.82, 2.24) is 14.8 Å². The molecule has 2 heterocycles. The monoisotopic (exact) mass is 509 g/mol. The number of halogens is 3. The Labute approximate surface area is 213 Å². The maximum absolute atomic E-state index is 12.9. The number of hydrogen-bond acceptors (Lipinski definition) is 5. The summed E-state index contributed by atoms with van der Waals surface area (Å²) in [5.74, 6) is 1.35. The highest BCUT2D eigenvalue weighted by molar-refractivity contribution is 6.45. The van der Waals surface area contributed by atoms with Gasteiger partial charge in [0, 0.05) is 25.3 Å². The van der Waals surface area contributed by atoms with E-state index in [1.165, 1.54) is 25.5 Å². The first-order valence-corrected chi connectivity index (χ1v) is 11.7. The lowest BCUT2D eigenvalue weighted by Gasteiger charge is -2.28. The summed E-state index contributed by atoms with van der Waals surface area (Å²) in [6.45, 7) is 0.847. The molecule has 7 nitrogen and oxygen atoms in total. The number of fused-ring (bicyclic) bond motifs is 1. The fourth-order valence-electron chi connectivity index (χ4n) is 4.57. The lowest BCUT2D eigenvalue weighted by Crippen LogP contribution is -2.39. The first-order valence-electron chi connectivity index (χ1n) is 11.7. The fourth-order valence-corrected chi connectivity index (χ4v) is 4.57. The van der Waals surface area contributed by atoms with Gasteiger partial charge in [-0.3, -0.25) is 4.79 Å². The third-order valence-corrected chi connectivity index (χ3v) is 6.15. The number of benzene rings is 2. The molecule has 1 amide bonds. The highest BCUT2D eigenvalue weighted by Gasteiger charge is 2.33. The number of hydrogen-bond donors (Lipinski definition) is 2. The van der Waals surface area contributed by atoms with Crippen LogP contribution in [0.3, 0.4) is 0 Å². The number of nitrogens with zero attached hydrogens (tertiary/aromatic N) is 3. The molecule has 11 heteroatoms. The molecule has 1 radical (unpaired) electrons. The van der Waals surface area contributed by atoms with Crippen LogP contribution in [-0.2, 0) is 6.54 Å². The number of aliphatic hydroxyl groups excluding tert-OH is 1. The van der Waals surface area contributed by atoms with Gasteiger partial charge < -0.3 is 24.6 Å². The topological polar surface area (TPSA) is 90.5 Å². The minimum atomic E-state index is -4.83. The van der Waals surface area contributed by atoms with Crippen molar-refractivity contribution in [3.63, 3.8) is 0 Å². The van der Waals surface area contributed by atoms with Gasteiger partial charge >= 0.3 is 6.36 Å². The van der Waals surface area contributed by atoms with Crippen LogP contribution < -0.4 is 10.1 Å². The Morgan fingerprint density at radius 1 is 1.22 bits per heavy atom. The van der Waals surface area contributed by atoms with Crippen molar-refractivity contribution >= 4 is 13.2 Å². The van der Waals surface area contributed by atoms with E-state index >= 15 is 0 Å². The van der Waals surface area contributed by atoms with Gasteiger partial charge in [-0.15, -0.1) is 13.2 Å². The van der Waals surface area contributed by atoms with Crippen LogP contribution in [0, 0.1) is 11.2 Å². The van der Waals surface area contributed by atoms with Gasteiger partial charge in [-0.1, -0.05) is 36.4 Å². The minimum absolute atomic E-state index is 0.0905. The van der Waals surface area contributed by atoms with Gasteiger partial charge in [0.15, 0.2) is 0 Å². The highest BCUT2D eigenvalue weighted by atomic mass is 19.4. The molecule has 1 aliphatic rings. The predicted molar refractivity (Wildman–Crippen MR) is 133 cm³/mol. The molecule has 0 fully saturated rings. The molecule has 2 N–H and O–H groups in total. The van der Waals surface area contributed by atoms with E-state index in [0.717, 1.165) is 11.1 Å². The van der Waals surface area contributed by atoms with Crippen LogP contribution in [0.4, 0.5) is 13.2 Å². The molecule has 0 saturated carbocycles. The van der Waals surface area contributed by atoms with E-state index in [9.17, 15) is 23.1 Å². The van der Waals surface area contributed by atoms with Crippen LogP contribution in [0.25, 0.3) is 22.4 Å². The number of carbonyl (C=O) groups is 1. The Morgan fingerprint density at radius 2 is 1.97 bits per heavy atom. The molecule has 1 atom stereocenters. The number of ether oxygens (including phenoxy) is 1. The van der Waals surface area contributed by atoms with E-state index in [1.54, 1.807) is 12.1 Å². The van der Waals surface area contributed by atoms with Crippen LogP contribution in [-0.4, -0.2) is 60.8 Å². The van der Waals surface area contributed by atoms with Gasteiger partial charge in [-0.2, -0.15) is 0 Å². The predicted octanol–water partition coefficient (Wildman–Crippen LogP) is 3.96. The van der Waals surface area contributed by atoms with Crippen LogP contribution in [0.5, 0.6) is 5.75 Å². The second-order valence-electron chi connectivity index (χ2n) is 8.84. The second-order valence-corrected chi connectivity index (χ2v) is 8.84. The van der Waals surface area contributed by atoms with Crippen molar-refractivity contribution in [1.29, 1.82) is 5.26 Å². The van der Waals surface area contributed by atoms with Crippen molar-refractivity contribution < 1.29 is 27.8 Å². The summed E-state index contributed by atoms with van der Waals surface area (Å²) in [6.07, 6.45) is -3.92. The smallest absolute Gasteiger partial charge is 0.406 e. The van der Waals surface area contributed by atoms with E-state index < -0.39 is 6.36 Å². The van der Waals surface area contributed by atoms with Crippen LogP contribution in [0.1, 0.15) is 28.5 Å². The summed E-state index contributed by atoms with van der Waals surface area (Å²) in [6, 6.07) is 14.8. The average molecular weight is 509 g/mol. The molecule has 3 aromatic rings. The van der Waals surface area contributed by atoms with E-state index in [2.05, 4.69) is 10.1 Å². The third-order valence-electron chi connectivity index (χ3n) is 6.15. The molecule has 191 valence electrons. The van der Waals surface area contributed by atoms with E-state index in [0.29, 0.717) is 48.5 Å². The maximum atomic E-state index is 12.9. The maximum Gasteiger partial charge on any atom is 0.573 e. The van der Waals surface area contributed by atoms with Gasteiger partial charge in [0.2, 0.25) is 0 Å². The molecule has 0 aliphatic carbocycles. The summed E-state index contributed by atoms with van der Waals surface area (Å²) >= 11 is 0. The van der Waals surface area contributed by atoms with Gasteiger partial charge in [0.25, 0.3) is 13.2 Å². The molecule has 37 heavy (non-hydrogen) atoms. The summed E-state index contributed by atoms with van der Waals surface area (Å²) in [5, 5.41) is 21.2. The van der Waals surface area contributed by atoms with Crippen LogP contribution in [0.15, 0.2) is 54.6 Å². The lowest BCUT2D eigenvalue weighted by atomic mass is 9.81. The SMILES string of the molecule is CN(C[B]C#N)Cc1ccc(-c2c(-c3cccc(OC(F)(F)F)c3)cc3n2C(CCO)CNC3=O)cc1. The minimum Gasteiger partial charge on any atom is -0.406 e.